The molecule has 1 saturated heterocycles. The Balaban J connectivity index is 1.65. The van der Waals surface area contributed by atoms with Gasteiger partial charge in [0.15, 0.2) is 0 Å². The van der Waals surface area contributed by atoms with Crippen LogP contribution in [-0.2, 0) is 6.54 Å². The van der Waals surface area contributed by atoms with Crippen LogP contribution in [0.4, 0.5) is 4.39 Å². The summed E-state index contributed by atoms with van der Waals surface area (Å²) >= 11 is 0. The Bertz CT molecular complexity index is 1130. The van der Waals surface area contributed by atoms with E-state index in [-0.39, 0.29) is 11.7 Å². The van der Waals surface area contributed by atoms with Gasteiger partial charge in [0.25, 0.3) is 5.91 Å². The van der Waals surface area contributed by atoms with Gasteiger partial charge in [-0.1, -0.05) is 45.2 Å². The molecule has 2 aromatic carbocycles. The van der Waals surface area contributed by atoms with Crippen LogP contribution in [0, 0.1) is 5.82 Å². The van der Waals surface area contributed by atoms with Gasteiger partial charge in [-0.2, -0.15) is 0 Å². The van der Waals surface area contributed by atoms with Crippen LogP contribution in [-0.4, -0.2) is 58.0 Å². The van der Waals surface area contributed by atoms with Crippen LogP contribution in [0.25, 0.3) is 22.4 Å². The molecule has 0 radical (unpaired) electrons. The molecule has 0 spiro atoms. The average Bonchev–Trinajstić information content (AvgIpc) is 3.27. The molecule has 6 heteroatoms. The fourth-order valence-corrected chi connectivity index (χ4v) is 5.16. The van der Waals surface area contributed by atoms with Crippen molar-refractivity contribution in [3.63, 3.8) is 0 Å². The molecule has 1 fully saturated rings. The molecule has 1 aromatic heterocycles. The quantitative estimate of drug-likeness (QED) is 0.280. The number of carbonyl (C=O) groups is 1. The number of benzene rings is 2. The van der Waals surface area contributed by atoms with Gasteiger partial charge >= 0.3 is 0 Å². The number of unbranched alkanes of at least 4 members (excludes halogenated alkanes) is 2. The van der Waals surface area contributed by atoms with E-state index in [1.165, 1.54) is 38.4 Å². The molecule has 0 bridgehead atoms. The first-order valence-corrected chi connectivity index (χ1v) is 13.9. The zero-order chi connectivity index (χ0) is 25.3. The molecule has 0 aliphatic carbocycles. The number of amides is 1. The summed E-state index contributed by atoms with van der Waals surface area (Å²) in [6, 6.07) is 12.5. The predicted octanol–water partition coefficient (Wildman–Crippen LogP) is 6.76. The number of halogens is 1. The third kappa shape index (κ3) is 6.52. The van der Waals surface area contributed by atoms with Gasteiger partial charge in [0.1, 0.15) is 11.6 Å². The molecule has 3 aromatic rings. The summed E-state index contributed by atoms with van der Waals surface area (Å²) in [5.74, 6) is 0.589. The standard InChI is InChI=1S/C30H41FN4O/c1-3-5-19-34(20-6-4-2)30(36)25-14-15-27-28(23-25)35(21-11-18-33-16-8-7-9-17-33)29(32-27)24-12-10-13-26(31)22-24/h10,12-15,22-23H,3-9,11,16-21H2,1-2H3. The normalized spacial score (nSPS) is 14.4. The molecule has 4 rings (SSSR count). The van der Waals surface area contributed by atoms with Crippen LogP contribution in [0.1, 0.15) is 75.6 Å². The minimum Gasteiger partial charge on any atom is -0.339 e. The highest BCUT2D eigenvalue weighted by molar-refractivity contribution is 5.98. The van der Waals surface area contributed by atoms with Crippen LogP contribution in [0.15, 0.2) is 42.5 Å². The monoisotopic (exact) mass is 492 g/mol. The lowest BCUT2D eigenvalue weighted by atomic mass is 10.1. The first-order chi connectivity index (χ1) is 17.6. The largest absolute Gasteiger partial charge is 0.339 e. The Kier molecular flexibility index (Phi) is 9.51. The molecule has 0 atom stereocenters. The van der Waals surface area contributed by atoms with E-state index in [0.29, 0.717) is 5.56 Å². The van der Waals surface area contributed by atoms with Gasteiger partial charge in [-0.05, 0) is 82.1 Å². The number of aromatic nitrogens is 2. The van der Waals surface area contributed by atoms with Crippen LogP contribution >= 0.6 is 0 Å². The lowest BCUT2D eigenvalue weighted by molar-refractivity contribution is 0.0751. The number of imidazole rings is 1. The van der Waals surface area contributed by atoms with E-state index in [1.54, 1.807) is 12.1 Å². The number of hydrogen-bond acceptors (Lipinski definition) is 3. The Morgan fingerprint density at radius 1 is 0.944 bits per heavy atom. The van der Waals surface area contributed by atoms with E-state index in [0.717, 1.165) is 80.7 Å². The van der Waals surface area contributed by atoms with E-state index in [2.05, 4.69) is 23.3 Å². The Labute approximate surface area is 215 Å². The van der Waals surface area contributed by atoms with Gasteiger partial charge in [-0.15, -0.1) is 0 Å². The first kappa shape index (κ1) is 26.3. The minimum atomic E-state index is -0.266. The first-order valence-electron chi connectivity index (χ1n) is 13.9. The molecular formula is C30H41FN4O. The minimum absolute atomic E-state index is 0.0900. The van der Waals surface area contributed by atoms with Crippen molar-refractivity contribution in [1.29, 1.82) is 0 Å². The molecule has 0 unspecified atom stereocenters. The van der Waals surface area contributed by atoms with Crippen LogP contribution in [0.3, 0.4) is 0 Å². The smallest absolute Gasteiger partial charge is 0.253 e. The van der Waals surface area contributed by atoms with Crippen molar-refractivity contribution in [2.75, 3.05) is 32.7 Å². The fraction of sp³-hybridized carbons (Fsp3) is 0.533. The molecule has 0 N–H and O–H groups in total. The number of hydrogen-bond donors (Lipinski definition) is 0. The van der Waals surface area contributed by atoms with Gasteiger partial charge in [0.2, 0.25) is 0 Å². The fourth-order valence-electron chi connectivity index (χ4n) is 5.16. The lowest BCUT2D eigenvalue weighted by Crippen LogP contribution is -2.33. The van der Waals surface area contributed by atoms with E-state index < -0.39 is 0 Å². The number of nitrogens with zero attached hydrogens (tertiary/aromatic N) is 4. The molecular weight excluding hydrogens is 451 g/mol. The van der Waals surface area contributed by atoms with Crippen molar-refractivity contribution in [2.24, 2.45) is 0 Å². The highest BCUT2D eigenvalue weighted by atomic mass is 19.1. The van der Waals surface area contributed by atoms with Crippen molar-refractivity contribution in [1.82, 2.24) is 19.4 Å². The van der Waals surface area contributed by atoms with Gasteiger partial charge in [-0.3, -0.25) is 4.79 Å². The second-order valence-electron chi connectivity index (χ2n) is 10.1. The number of carbonyl (C=O) groups excluding carboxylic acids is 1. The van der Waals surface area contributed by atoms with Gasteiger partial charge in [0, 0.05) is 30.8 Å². The summed E-state index contributed by atoms with van der Waals surface area (Å²) < 4.78 is 16.3. The summed E-state index contributed by atoms with van der Waals surface area (Å²) in [5.41, 5.74) is 3.27. The van der Waals surface area contributed by atoms with Crippen LogP contribution in [0.5, 0.6) is 0 Å². The van der Waals surface area contributed by atoms with Crippen LogP contribution in [0.2, 0.25) is 0 Å². The Morgan fingerprint density at radius 2 is 1.69 bits per heavy atom. The lowest BCUT2D eigenvalue weighted by Gasteiger charge is -2.26. The maximum absolute atomic E-state index is 14.1. The number of likely N-dealkylation sites (tertiary alicyclic amines) is 1. The van der Waals surface area contributed by atoms with E-state index in [1.807, 2.05) is 29.2 Å². The third-order valence-electron chi connectivity index (χ3n) is 7.23. The number of fused-ring (bicyclic) bond motifs is 1. The Morgan fingerprint density at radius 3 is 2.39 bits per heavy atom. The number of rotatable bonds is 12. The van der Waals surface area contributed by atoms with Gasteiger partial charge in [-0.25, -0.2) is 9.37 Å². The second kappa shape index (κ2) is 13.0. The van der Waals surface area contributed by atoms with Crippen molar-refractivity contribution >= 4 is 16.9 Å². The second-order valence-corrected chi connectivity index (χ2v) is 10.1. The Hall–Kier alpha value is -2.73. The SMILES string of the molecule is CCCCN(CCCC)C(=O)c1ccc2nc(-c3cccc(F)c3)n(CCCN3CCCCC3)c2c1. The van der Waals surface area contributed by atoms with E-state index in [9.17, 15) is 9.18 Å². The zero-order valence-corrected chi connectivity index (χ0v) is 22.0. The number of aryl methyl sites for hydroxylation is 1. The summed E-state index contributed by atoms with van der Waals surface area (Å²) in [6.07, 6.45) is 9.03. The van der Waals surface area contributed by atoms with Crippen molar-refractivity contribution < 1.29 is 9.18 Å². The highest BCUT2D eigenvalue weighted by Gasteiger charge is 2.19. The summed E-state index contributed by atoms with van der Waals surface area (Å²) in [6.45, 7) is 10.1. The highest BCUT2D eigenvalue weighted by Crippen LogP contribution is 2.27. The predicted molar refractivity (Wildman–Crippen MR) is 146 cm³/mol. The van der Waals surface area contributed by atoms with Crippen molar-refractivity contribution in [3.05, 3.63) is 53.8 Å². The van der Waals surface area contributed by atoms with E-state index >= 15 is 0 Å². The topological polar surface area (TPSA) is 41.4 Å². The molecule has 2 heterocycles. The van der Waals surface area contributed by atoms with Gasteiger partial charge < -0.3 is 14.4 Å². The molecule has 36 heavy (non-hydrogen) atoms. The van der Waals surface area contributed by atoms with Crippen LogP contribution < -0.4 is 0 Å². The average molecular weight is 493 g/mol. The molecule has 1 amide bonds. The van der Waals surface area contributed by atoms with Crippen molar-refractivity contribution in [3.8, 4) is 11.4 Å². The summed E-state index contributed by atoms with van der Waals surface area (Å²) in [7, 11) is 0. The maximum Gasteiger partial charge on any atom is 0.253 e. The molecule has 0 saturated carbocycles. The van der Waals surface area contributed by atoms with Crippen molar-refractivity contribution in [2.45, 2.75) is 71.8 Å². The number of piperidine rings is 1. The van der Waals surface area contributed by atoms with Gasteiger partial charge in [0.05, 0.1) is 11.0 Å². The maximum atomic E-state index is 14.1. The zero-order valence-electron chi connectivity index (χ0n) is 22.0. The molecule has 1 aliphatic rings. The summed E-state index contributed by atoms with van der Waals surface area (Å²) in [4.78, 5) is 22.9. The molecule has 194 valence electrons. The molecule has 5 nitrogen and oxygen atoms in total. The van der Waals surface area contributed by atoms with E-state index in [4.69, 9.17) is 4.98 Å². The molecule has 1 aliphatic heterocycles. The summed E-state index contributed by atoms with van der Waals surface area (Å²) in [5, 5.41) is 0. The third-order valence-corrected chi connectivity index (χ3v) is 7.23.